The van der Waals surface area contributed by atoms with Crippen molar-refractivity contribution in [3.05, 3.63) is 48.0 Å². The van der Waals surface area contributed by atoms with E-state index in [1.807, 2.05) is 4.90 Å². The topological polar surface area (TPSA) is 60.0 Å². The molecule has 2 saturated heterocycles. The summed E-state index contributed by atoms with van der Waals surface area (Å²) in [7, 11) is 0. The van der Waals surface area contributed by atoms with E-state index >= 15 is 0 Å². The zero-order valence-electron chi connectivity index (χ0n) is 22.0. The van der Waals surface area contributed by atoms with Gasteiger partial charge in [0.1, 0.15) is 11.4 Å². The highest BCUT2D eigenvalue weighted by Gasteiger charge is 2.41. The maximum Gasteiger partial charge on any atom is 0.409 e. The number of aryl methyl sites for hydroxylation is 1. The van der Waals surface area contributed by atoms with E-state index in [4.69, 9.17) is 14.2 Å². The highest BCUT2D eigenvalue weighted by molar-refractivity contribution is 5.69. The summed E-state index contributed by atoms with van der Waals surface area (Å²) < 4.78 is 17.8. The summed E-state index contributed by atoms with van der Waals surface area (Å²) in [5.41, 5.74) is 4.63. The number of hydrogen-bond donors (Lipinski definition) is 1. The summed E-state index contributed by atoms with van der Waals surface area (Å²) in [6, 6.07) is 15.2. The van der Waals surface area contributed by atoms with Gasteiger partial charge in [-0.15, -0.1) is 0 Å². The molecule has 2 fully saturated rings. The van der Waals surface area contributed by atoms with Crippen LogP contribution in [0.25, 0.3) is 11.1 Å². The minimum Gasteiger partial charge on any atom is -0.487 e. The average molecular weight is 493 g/mol. The first-order valence-corrected chi connectivity index (χ1v) is 13.5. The van der Waals surface area contributed by atoms with E-state index in [-0.39, 0.29) is 17.1 Å². The van der Waals surface area contributed by atoms with E-state index in [2.05, 4.69) is 68.6 Å². The van der Waals surface area contributed by atoms with Gasteiger partial charge in [-0.3, -0.25) is 0 Å². The van der Waals surface area contributed by atoms with Gasteiger partial charge in [0.2, 0.25) is 0 Å². The Morgan fingerprint density at radius 2 is 1.83 bits per heavy atom. The molecular formula is C30H40N2O4. The Morgan fingerprint density at radius 1 is 1.08 bits per heavy atom. The zero-order valence-corrected chi connectivity index (χ0v) is 22.0. The predicted molar refractivity (Wildman–Crippen MR) is 143 cm³/mol. The fourth-order valence-electron chi connectivity index (χ4n) is 5.34. The Hall–Kier alpha value is -2.73. The van der Waals surface area contributed by atoms with Crippen LogP contribution in [0.3, 0.4) is 0 Å². The van der Waals surface area contributed by atoms with Crippen LogP contribution in [0, 0.1) is 5.41 Å². The predicted octanol–water partition coefficient (Wildman–Crippen LogP) is 6.29. The number of carbonyl (C=O) groups excluding carboxylic acids is 1. The fourth-order valence-corrected chi connectivity index (χ4v) is 5.34. The van der Waals surface area contributed by atoms with Crippen LogP contribution in [0.5, 0.6) is 5.75 Å². The van der Waals surface area contributed by atoms with Gasteiger partial charge in [-0.05, 0) is 72.1 Å². The van der Waals surface area contributed by atoms with E-state index < -0.39 is 0 Å². The van der Waals surface area contributed by atoms with Crippen molar-refractivity contribution in [2.75, 3.05) is 38.2 Å². The molecule has 194 valence electrons. The summed E-state index contributed by atoms with van der Waals surface area (Å²) in [6.07, 6.45) is 6.12. The van der Waals surface area contributed by atoms with Crippen LogP contribution in [0.4, 0.5) is 10.5 Å². The summed E-state index contributed by atoms with van der Waals surface area (Å²) in [5, 5.41) is 3.49. The van der Waals surface area contributed by atoms with Gasteiger partial charge in [-0.2, -0.15) is 0 Å². The lowest BCUT2D eigenvalue weighted by molar-refractivity contribution is -0.0171. The first kappa shape index (κ1) is 24.9. The maximum absolute atomic E-state index is 12.5. The van der Waals surface area contributed by atoms with E-state index in [1.54, 1.807) is 0 Å². The van der Waals surface area contributed by atoms with Gasteiger partial charge < -0.3 is 24.4 Å². The molecule has 3 aliphatic rings. The highest BCUT2D eigenvalue weighted by atomic mass is 16.6. The molecule has 0 aliphatic carbocycles. The Kier molecular flexibility index (Phi) is 7.16. The second kappa shape index (κ2) is 10.3. The van der Waals surface area contributed by atoms with E-state index in [1.165, 1.54) is 23.1 Å². The standard InChI is InChI=1S/C30H40N2O4/c1-29(2,3)21-35-28(33)32-16-14-30(15-17-32)13-12-24-19-23(8-11-27(24)36-30)22-6-9-25(10-7-22)31-20-26-5-4-18-34-26/h6-11,19,26,31H,4-5,12-18,20-21H2,1-3H3. The van der Waals surface area contributed by atoms with Crippen LogP contribution in [0.15, 0.2) is 42.5 Å². The molecule has 0 bridgehead atoms. The Balaban J connectivity index is 1.16. The number of benzene rings is 2. The van der Waals surface area contributed by atoms with Crippen LogP contribution in [0.2, 0.25) is 0 Å². The zero-order chi connectivity index (χ0) is 25.2. The summed E-state index contributed by atoms with van der Waals surface area (Å²) in [6.45, 7) is 9.78. The number of nitrogens with zero attached hydrogens (tertiary/aromatic N) is 1. The number of piperidine rings is 1. The molecule has 2 aromatic rings. The second-order valence-corrected chi connectivity index (χ2v) is 11.8. The maximum atomic E-state index is 12.5. The second-order valence-electron chi connectivity index (χ2n) is 11.8. The number of anilines is 1. The van der Waals surface area contributed by atoms with Crippen molar-refractivity contribution >= 4 is 11.8 Å². The van der Waals surface area contributed by atoms with E-state index in [0.717, 1.165) is 56.7 Å². The molecule has 0 radical (unpaired) electrons. The first-order chi connectivity index (χ1) is 17.3. The van der Waals surface area contributed by atoms with Gasteiger partial charge in [-0.1, -0.05) is 39.0 Å². The van der Waals surface area contributed by atoms with Crippen LogP contribution in [-0.4, -0.2) is 55.5 Å². The minimum atomic E-state index is -0.200. The molecule has 1 spiro atoms. The summed E-state index contributed by atoms with van der Waals surface area (Å²) >= 11 is 0. The van der Waals surface area contributed by atoms with Crippen molar-refractivity contribution in [2.45, 2.75) is 71.0 Å². The number of likely N-dealkylation sites (tertiary alicyclic amines) is 1. The molecule has 3 heterocycles. The van der Waals surface area contributed by atoms with Gasteiger partial charge >= 0.3 is 6.09 Å². The number of hydrogen-bond acceptors (Lipinski definition) is 5. The number of amides is 1. The first-order valence-electron chi connectivity index (χ1n) is 13.5. The van der Waals surface area contributed by atoms with Crippen molar-refractivity contribution in [1.29, 1.82) is 0 Å². The SMILES string of the molecule is CC(C)(C)COC(=O)N1CCC2(CCc3cc(-c4ccc(NCC5CCCO5)cc4)ccc3O2)CC1. The van der Waals surface area contributed by atoms with E-state index in [0.29, 0.717) is 25.8 Å². The normalized spacial score (nSPS) is 21.1. The molecule has 1 atom stereocenters. The van der Waals surface area contributed by atoms with Gasteiger partial charge in [-0.25, -0.2) is 4.79 Å². The van der Waals surface area contributed by atoms with Crippen molar-refractivity contribution < 1.29 is 19.0 Å². The molecular weight excluding hydrogens is 452 g/mol. The smallest absolute Gasteiger partial charge is 0.409 e. The quantitative estimate of drug-likeness (QED) is 0.532. The Labute approximate surface area is 215 Å². The van der Waals surface area contributed by atoms with Gasteiger partial charge in [0, 0.05) is 44.8 Å². The Bertz CT molecular complexity index is 1050. The molecule has 2 aromatic carbocycles. The molecule has 1 amide bonds. The molecule has 0 aromatic heterocycles. The number of rotatable bonds is 5. The van der Waals surface area contributed by atoms with Crippen molar-refractivity contribution in [3.8, 4) is 16.9 Å². The molecule has 6 heteroatoms. The van der Waals surface area contributed by atoms with Gasteiger partial charge in [0.25, 0.3) is 0 Å². The van der Waals surface area contributed by atoms with E-state index in [9.17, 15) is 4.79 Å². The van der Waals surface area contributed by atoms with Crippen molar-refractivity contribution in [1.82, 2.24) is 4.90 Å². The van der Waals surface area contributed by atoms with Crippen molar-refractivity contribution in [2.24, 2.45) is 5.41 Å². The van der Waals surface area contributed by atoms with Crippen LogP contribution < -0.4 is 10.1 Å². The highest BCUT2D eigenvalue weighted by Crippen LogP contribution is 2.41. The fraction of sp³-hybridized carbons (Fsp3) is 0.567. The number of fused-ring (bicyclic) bond motifs is 1. The number of carbonyl (C=O) groups is 1. The molecule has 0 saturated carbocycles. The molecule has 36 heavy (non-hydrogen) atoms. The monoisotopic (exact) mass is 492 g/mol. The Morgan fingerprint density at radius 3 is 2.53 bits per heavy atom. The lowest BCUT2D eigenvalue weighted by atomic mass is 9.82. The van der Waals surface area contributed by atoms with Crippen molar-refractivity contribution in [3.63, 3.8) is 0 Å². The molecule has 5 rings (SSSR count). The number of nitrogens with one attached hydrogen (secondary N) is 1. The van der Waals surface area contributed by atoms with Crippen LogP contribution >= 0.6 is 0 Å². The summed E-state index contributed by atoms with van der Waals surface area (Å²) in [5.74, 6) is 0.989. The van der Waals surface area contributed by atoms with Crippen LogP contribution in [-0.2, 0) is 15.9 Å². The van der Waals surface area contributed by atoms with Gasteiger partial charge in [0.15, 0.2) is 0 Å². The molecule has 1 unspecified atom stereocenters. The lowest BCUT2D eigenvalue weighted by Gasteiger charge is -2.44. The third-order valence-corrected chi connectivity index (χ3v) is 7.57. The summed E-state index contributed by atoms with van der Waals surface area (Å²) in [4.78, 5) is 14.3. The molecule has 3 aliphatic heterocycles. The third kappa shape index (κ3) is 5.97. The lowest BCUT2D eigenvalue weighted by Crippen LogP contribution is -2.51. The minimum absolute atomic E-state index is 0.0227. The third-order valence-electron chi connectivity index (χ3n) is 7.57. The molecule has 6 nitrogen and oxygen atoms in total. The average Bonchev–Trinajstić information content (AvgIpc) is 3.40. The van der Waals surface area contributed by atoms with Gasteiger partial charge in [0.05, 0.1) is 12.7 Å². The molecule has 1 N–H and O–H groups in total. The van der Waals surface area contributed by atoms with Crippen LogP contribution in [0.1, 0.15) is 58.4 Å². The number of ether oxygens (including phenoxy) is 3. The largest absolute Gasteiger partial charge is 0.487 e.